The summed E-state index contributed by atoms with van der Waals surface area (Å²) in [6, 6.07) is 0. The summed E-state index contributed by atoms with van der Waals surface area (Å²) < 4.78 is 0. The first-order valence-corrected chi connectivity index (χ1v) is 17.9. The molecule has 244 valence electrons. The highest BCUT2D eigenvalue weighted by Crippen LogP contribution is 2.64. The van der Waals surface area contributed by atoms with E-state index in [9.17, 15) is 19.8 Å². The molecule has 6 aliphatic rings. The van der Waals surface area contributed by atoms with Gasteiger partial charge in [0, 0.05) is 0 Å². The number of rotatable bonds is 4. The van der Waals surface area contributed by atoms with Crippen molar-refractivity contribution in [2.24, 2.45) is 57.2 Å². The Labute approximate surface area is 267 Å². The van der Waals surface area contributed by atoms with Gasteiger partial charge in [-0.2, -0.15) is 0 Å². The van der Waals surface area contributed by atoms with Crippen molar-refractivity contribution in [3.8, 4) is 0 Å². The third-order valence-corrected chi connectivity index (χ3v) is 14.1. The normalized spacial score (nSPS) is 41.3. The van der Waals surface area contributed by atoms with Gasteiger partial charge in [-0.1, -0.05) is 89.8 Å². The van der Waals surface area contributed by atoms with Crippen molar-refractivity contribution >= 4 is 11.9 Å². The lowest BCUT2D eigenvalue weighted by atomic mass is 9.46. The maximum Gasteiger partial charge on any atom is 0.309 e. The van der Waals surface area contributed by atoms with Gasteiger partial charge in [0.25, 0.3) is 0 Å². The molecule has 0 spiro atoms. The molecular weight excluding hydrogens is 544 g/mol. The van der Waals surface area contributed by atoms with E-state index in [2.05, 4.69) is 65.8 Å². The first kappa shape index (κ1) is 33.3. The largest absolute Gasteiger partial charge is 0.481 e. The predicted molar refractivity (Wildman–Crippen MR) is 179 cm³/mol. The van der Waals surface area contributed by atoms with Gasteiger partial charge in [-0.15, -0.1) is 0 Å². The number of allylic oxidation sites excluding steroid dienone is 8. The van der Waals surface area contributed by atoms with Crippen LogP contribution in [0.2, 0.25) is 0 Å². The fraction of sp³-hybridized carbons (Fsp3) is 0.750. The monoisotopic (exact) mass is 604 g/mol. The van der Waals surface area contributed by atoms with Crippen molar-refractivity contribution < 1.29 is 19.8 Å². The highest BCUT2D eigenvalue weighted by Gasteiger charge is 2.58. The van der Waals surface area contributed by atoms with E-state index in [1.807, 2.05) is 13.8 Å². The zero-order valence-corrected chi connectivity index (χ0v) is 29.0. The molecule has 6 aliphatic carbocycles. The van der Waals surface area contributed by atoms with Crippen molar-refractivity contribution in [1.82, 2.24) is 0 Å². The Hall–Kier alpha value is -2.10. The summed E-state index contributed by atoms with van der Waals surface area (Å²) in [6.45, 7) is 17.8. The number of carboxylic acid groups (broad SMARTS) is 2. The first-order valence-electron chi connectivity index (χ1n) is 17.9. The fourth-order valence-corrected chi connectivity index (χ4v) is 11.3. The molecule has 0 aromatic heterocycles. The molecule has 0 bridgehead atoms. The van der Waals surface area contributed by atoms with E-state index in [4.69, 9.17) is 0 Å². The van der Waals surface area contributed by atoms with Crippen molar-refractivity contribution in [1.29, 1.82) is 0 Å². The van der Waals surface area contributed by atoms with Gasteiger partial charge >= 0.3 is 11.9 Å². The third kappa shape index (κ3) is 5.38. The number of hydrogen-bond acceptors (Lipinski definition) is 2. The van der Waals surface area contributed by atoms with E-state index in [-0.39, 0.29) is 16.7 Å². The quantitative estimate of drug-likeness (QED) is 0.335. The highest BCUT2D eigenvalue weighted by molar-refractivity contribution is 5.75. The van der Waals surface area contributed by atoms with E-state index in [0.717, 1.165) is 51.4 Å². The van der Waals surface area contributed by atoms with E-state index in [0.29, 0.717) is 29.6 Å². The third-order valence-electron chi connectivity index (χ3n) is 14.1. The molecular formula is C40H60O4. The van der Waals surface area contributed by atoms with Gasteiger partial charge in [0.2, 0.25) is 0 Å². The van der Waals surface area contributed by atoms with Gasteiger partial charge in [0.15, 0.2) is 0 Å². The van der Waals surface area contributed by atoms with E-state index in [1.165, 1.54) is 36.8 Å². The summed E-state index contributed by atoms with van der Waals surface area (Å²) in [7, 11) is 0. The topological polar surface area (TPSA) is 74.6 Å². The molecule has 4 nitrogen and oxygen atoms in total. The summed E-state index contributed by atoms with van der Waals surface area (Å²) >= 11 is 0. The lowest BCUT2D eigenvalue weighted by molar-refractivity contribution is -0.164. The molecule has 4 heteroatoms. The van der Waals surface area contributed by atoms with Crippen LogP contribution >= 0.6 is 0 Å². The van der Waals surface area contributed by atoms with Crippen LogP contribution < -0.4 is 0 Å². The summed E-state index contributed by atoms with van der Waals surface area (Å²) in [5, 5.41) is 19.7. The zero-order chi connectivity index (χ0) is 32.2. The average Bonchev–Trinajstić information content (AvgIpc) is 2.96. The van der Waals surface area contributed by atoms with E-state index >= 15 is 0 Å². The molecule has 3 saturated carbocycles. The number of carboxylic acids is 2. The number of fused-ring (bicyclic) bond motifs is 6. The zero-order valence-electron chi connectivity index (χ0n) is 29.0. The Morgan fingerprint density at radius 2 is 1.30 bits per heavy atom. The molecule has 6 rings (SSSR count). The second-order valence-corrected chi connectivity index (χ2v) is 17.1. The van der Waals surface area contributed by atoms with Crippen LogP contribution in [0.25, 0.3) is 0 Å². The molecule has 0 aromatic carbocycles. The summed E-state index contributed by atoms with van der Waals surface area (Å²) in [5.41, 5.74) is 5.40. The standard InChI is InChI=1S/2C20H30O2/c2*1-13(2)14-6-8-16-15(12-14)7-9-17-19(16,3)10-5-11-20(17,4)18(21)22/h7,12-13,16-17H,5-6,8-11H2,1-4H3,(H,21,22);6,12-13,16-17H,5,7-11H2,1-4H3,(H,21,22)/t2*16-,17+,19+,20+/m00/s1. The highest BCUT2D eigenvalue weighted by atomic mass is 16.4. The van der Waals surface area contributed by atoms with Crippen LogP contribution in [0, 0.1) is 57.2 Å². The van der Waals surface area contributed by atoms with Gasteiger partial charge in [0.05, 0.1) is 10.8 Å². The molecule has 0 unspecified atom stereocenters. The van der Waals surface area contributed by atoms with Gasteiger partial charge in [-0.3, -0.25) is 9.59 Å². The van der Waals surface area contributed by atoms with Gasteiger partial charge < -0.3 is 10.2 Å². The number of hydrogen-bond donors (Lipinski definition) is 2. The number of aliphatic carboxylic acids is 2. The van der Waals surface area contributed by atoms with E-state index in [1.54, 1.807) is 11.1 Å². The predicted octanol–water partition coefficient (Wildman–Crippen LogP) is 10.4. The molecule has 0 aromatic rings. The Kier molecular flexibility index (Phi) is 9.01. The van der Waals surface area contributed by atoms with Gasteiger partial charge in [-0.05, 0) is 136 Å². The van der Waals surface area contributed by atoms with Crippen LogP contribution in [0.1, 0.15) is 132 Å². The second-order valence-electron chi connectivity index (χ2n) is 17.1. The fourth-order valence-electron chi connectivity index (χ4n) is 11.3. The molecule has 0 aliphatic heterocycles. The Balaban J connectivity index is 0.000000175. The Morgan fingerprint density at radius 1 is 0.705 bits per heavy atom. The smallest absolute Gasteiger partial charge is 0.309 e. The SMILES string of the molecule is CC(C)C1=CC2=CC[C@@H]3[C@](C)(CCC[C@@]3(C)C(=O)O)[C@H]2CC1.CC(C)C1=CC[C@H]2C(=C1)CC[C@@H]1[C@]2(C)CCC[C@@]1(C)C(=O)O. The van der Waals surface area contributed by atoms with Gasteiger partial charge in [-0.25, -0.2) is 0 Å². The van der Waals surface area contributed by atoms with Crippen LogP contribution in [-0.2, 0) is 9.59 Å². The van der Waals surface area contributed by atoms with Crippen molar-refractivity contribution in [2.45, 2.75) is 132 Å². The Bertz CT molecular complexity index is 1280. The maximum atomic E-state index is 11.9. The second kappa shape index (κ2) is 11.9. The van der Waals surface area contributed by atoms with Crippen LogP contribution in [0.3, 0.4) is 0 Å². The summed E-state index contributed by atoms with van der Waals surface area (Å²) in [5.74, 6) is 1.79. The first-order chi connectivity index (χ1) is 20.6. The minimum atomic E-state index is -0.588. The minimum Gasteiger partial charge on any atom is -0.481 e. The Morgan fingerprint density at radius 3 is 1.86 bits per heavy atom. The van der Waals surface area contributed by atoms with Crippen LogP contribution in [0.4, 0.5) is 0 Å². The molecule has 0 saturated heterocycles. The van der Waals surface area contributed by atoms with Crippen LogP contribution in [0.15, 0.2) is 46.6 Å². The summed E-state index contributed by atoms with van der Waals surface area (Å²) in [4.78, 5) is 23.9. The lowest BCUT2D eigenvalue weighted by Crippen LogP contribution is -2.53. The maximum absolute atomic E-state index is 11.9. The summed E-state index contributed by atoms with van der Waals surface area (Å²) in [6.07, 6.45) is 22.4. The van der Waals surface area contributed by atoms with Gasteiger partial charge in [0.1, 0.15) is 0 Å². The molecule has 0 amide bonds. The lowest BCUT2D eigenvalue weighted by Gasteiger charge is -2.57. The van der Waals surface area contributed by atoms with E-state index < -0.39 is 22.8 Å². The molecule has 8 atom stereocenters. The van der Waals surface area contributed by atoms with Crippen molar-refractivity contribution in [2.75, 3.05) is 0 Å². The molecule has 2 N–H and O–H groups in total. The minimum absolute atomic E-state index is 0.161. The van der Waals surface area contributed by atoms with Crippen LogP contribution in [0.5, 0.6) is 0 Å². The van der Waals surface area contributed by atoms with Crippen molar-refractivity contribution in [3.63, 3.8) is 0 Å². The molecule has 0 radical (unpaired) electrons. The number of carbonyl (C=O) groups is 2. The van der Waals surface area contributed by atoms with Crippen molar-refractivity contribution in [3.05, 3.63) is 46.6 Å². The van der Waals surface area contributed by atoms with Crippen LogP contribution in [-0.4, -0.2) is 22.2 Å². The molecule has 0 heterocycles. The molecule has 44 heavy (non-hydrogen) atoms. The molecule has 3 fully saturated rings. The average molecular weight is 605 g/mol.